The molecule has 2 N–H and O–H groups in total. The SMILES string of the molecule is CC/C=C(\C(=O)OC(C)(C)C)c1csc(N)n1. The number of nitrogens with zero attached hydrogens (tertiary/aromatic N) is 1. The first kappa shape index (κ1) is 13.7. The molecule has 0 saturated heterocycles. The Hall–Kier alpha value is -1.36. The van der Waals surface area contributed by atoms with Crippen molar-refractivity contribution in [3.05, 3.63) is 17.2 Å². The second-order valence-electron chi connectivity index (χ2n) is 4.60. The minimum atomic E-state index is -0.508. The van der Waals surface area contributed by atoms with E-state index in [4.69, 9.17) is 10.5 Å². The number of carbonyl (C=O) groups excluding carboxylic acids is 1. The van der Waals surface area contributed by atoms with Crippen LogP contribution in [0.1, 0.15) is 39.8 Å². The molecule has 0 amide bonds. The molecule has 1 aromatic rings. The minimum Gasteiger partial charge on any atom is -0.456 e. The summed E-state index contributed by atoms with van der Waals surface area (Å²) in [4.78, 5) is 16.1. The second-order valence-corrected chi connectivity index (χ2v) is 5.49. The van der Waals surface area contributed by atoms with Gasteiger partial charge in [-0.15, -0.1) is 11.3 Å². The summed E-state index contributed by atoms with van der Waals surface area (Å²) < 4.78 is 5.33. The summed E-state index contributed by atoms with van der Waals surface area (Å²) >= 11 is 1.31. The van der Waals surface area contributed by atoms with E-state index in [1.807, 2.05) is 33.8 Å². The number of hydrogen-bond acceptors (Lipinski definition) is 5. The Morgan fingerprint density at radius 1 is 1.59 bits per heavy atom. The highest BCUT2D eigenvalue weighted by molar-refractivity contribution is 7.13. The maximum Gasteiger partial charge on any atom is 0.340 e. The van der Waals surface area contributed by atoms with Gasteiger partial charge in [-0.1, -0.05) is 13.0 Å². The number of anilines is 1. The van der Waals surface area contributed by atoms with E-state index < -0.39 is 5.60 Å². The van der Waals surface area contributed by atoms with Crippen LogP contribution in [0.4, 0.5) is 5.13 Å². The van der Waals surface area contributed by atoms with Crippen molar-refractivity contribution in [2.24, 2.45) is 0 Å². The summed E-state index contributed by atoms with van der Waals surface area (Å²) in [5, 5.41) is 2.21. The second kappa shape index (κ2) is 5.31. The average molecular weight is 254 g/mol. The van der Waals surface area contributed by atoms with E-state index in [1.54, 1.807) is 5.38 Å². The van der Waals surface area contributed by atoms with Gasteiger partial charge in [-0.05, 0) is 27.2 Å². The zero-order valence-electron chi connectivity index (χ0n) is 10.6. The van der Waals surface area contributed by atoms with E-state index in [2.05, 4.69) is 4.98 Å². The van der Waals surface area contributed by atoms with Gasteiger partial charge in [0.25, 0.3) is 0 Å². The smallest absolute Gasteiger partial charge is 0.340 e. The van der Waals surface area contributed by atoms with E-state index in [-0.39, 0.29) is 5.97 Å². The van der Waals surface area contributed by atoms with Crippen LogP contribution in [0.3, 0.4) is 0 Å². The number of carbonyl (C=O) groups is 1. The van der Waals surface area contributed by atoms with Crippen LogP contribution >= 0.6 is 11.3 Å². The molecular weight excluding hydrogens is 236 g/mol. The molecule has 0 fully saturated rings. The molecular formula is C12H18N2O2S. The van der Waals surface area contributed by atoms with E-state index in [0.29, 0.717) is 16.4 Å². The fraction of sp³-hybridized carbons (Fsp3) is 0.500. The van der Waals surface area contributed by atoms with Crippen LogP contribution in [0.25, 0.3) is 5.57 Å². The average Bonchev–Trinajstić information content (AvgIpc) is 2.58. The molecule has 94 valence electrons. The fourth-order valence-corrected chi connectivity index (χ4v) is 1.80. The van der Waals surface area contributed by atoms with Crippen LogP contribution in [0, 0.1) is 0 Å². The Labute approximate surface area is 106 Å². The Balaban J connectivity index is 2.95. The number of ether oxygens (including phenoxy) is 1. The maximum absolute atomic E-state index is 12.0. The van der Waals surface area contributed by atoms with E-state index in [1.165, 1.54) is 11.3 Å². The third kappa shape index (κ3) is 4.19. The summed E-state index contributed by atoms with van der Waals surface area (Å²) in [5.74, 6) is -0.357. The first-order valence-corrected chi connectivity index (χ1v) is 6.36. The summed E-state index contributed by atoms with van der Waals surface area (Å²) in [6.45, 7) is 7.47. The Bertz CT molecular complexity index is 430. The van der Waals surface area contributed by atoms with Gasteiger partial charge in [0.1, 0.15) is 5.60 Å². The lowest BCUT2D eigenvalue weighted by atomic mass is 10.1. The quantitative estimate of drug-likeness (QED) is 0.665. The van der Waals surface area contributed by atoms with Crippen molar-refractivity contribution in [3.8, 4) is 0 Å². The highest BCUT2D eigenvalue weighted by atomic mass is 32.1. The first-order valence-electron chi connectivity index (χ1n) is 5.48. The van der Waals surface area contributed by atoms with Crippen LogP contribution in [0.2, 0.25) is 0 Å². The minimum absolute atomic E-state index is 0.357. The third-order valence-electron chi connectivity index (χ3n) is 1.82. The van der Waals surface area contributed by atoms with Crippen molar-refractivity contribution in [2.45, 2.75) is 39.7 Å². The molecule has 4 nitrogen and oxygen atoms in total. The van der Waals surface area contributed by atoms with Gasteiger partial charge < -0.3 is 10.5 Å². The molecule has 0 atom stereocenters. The van der Waals surface area contributed by atoms with E-state index >= 15 is 0 Å². The van der Waals surface area contributed by atoms with Gasteiger partial charge in [0, 0.05) is 5.38 Å². The molecule has 1 rings (SSSR count). The topological polar surface area (TPSA) is 65.2 Å². The lowest BCUT2D eigenvalue weighted by Crippen LogP contribution is -2.24. The molecule has 0 radical (unpaired) electrons. The number of nitrogens with two attached hydrogens (primary N) is 1. The molecule has 5 heteroatoms. The molecule has 0 aromatic carbocycles. The fourth-order valence-electron chi connectivity index (χ4n) is 1.24. The van der Waals surface area contributed by atoms with Crippen LogP contribution < -0.4 is 5.73 Å². The predicted molar refractivity (Wildman–Crippen MR) is 70.6 cm³/mol. The molecule has 0 bridgehead atoms. The van der Waals surface area contributed by atoms with Crippen molar-refractivity contribution in [1.29, 1.82) is 0 Å². The summed E-state index contributed by atoms with van der Waals surface area (Å²) in [6, 6.07) is 0. The zero-order chi connectivity index (χ0) is 13.1. The van der Waals surface area contributed by atoms with Crippen molar-refractivity contribution >= 4 is 28.0 Å². The highest BCUT2D eigenvalue weighted by Crippen LogP contribution is 2.23. The Morgan fingerprint density at radius 2 is 2.24 bits per heavy atom. The standard InChI is InChI=1S/C12H18N2O2S/c1-5-6-8(9-7-17-11(13)14-9)10(15)16-12(2,3)4/h6-7H,5H2,1-4H3,(H2,13,14)/b8-6-. The molecule has 17 heavy (non-hydrogen) atoms. The van der Waals surface area contributed by atoms with Gasteiger partial charge in [0.15, 0.2) is 5.13 Å². The van der Waals surface area contributed by atoms with Crippen LogP contribution in [-0.2, 0) is 9.53 Å². The van der Waals surface area contributed by atoms with Crippen LogP contribution in [0.15, 0.2) is 11.5 Å². The van der Waals surface area contributed by atoms with Crippen LogP contribution in [0.5, 0.6) is 0 Å². The van der Waals surface area contributed by atoms with Crippen molar-refractivity contribution in [2.75, 3.05) is 5.73 Å². The van der Waals surface area contributed by atoms with E-state index in [0.717, 1.165) is 6.42 Å². The van der Waals surface area contributed by atoms with Crippen molar-refractivity contribution in [3.63, 3.8) is 0 Å². The van der Waals surface area contributed by atoms with Crippen molar-refractivity contribution < 1.29 is 9.53 Å². The van der Waals surface area contributed by atoms with Gasteiger partial charge in [0.2, 0.25) is 0 Å². The van der Waals surface area contributed by atoms with Gasteiger partial charge in [-0.2, -0.15) is 0 Å². The number of thiazole rings is 1. The lowest BCUT2D eigenvalue weighted by Gasteiger charge is -2.20. The number of hydrogen-bond donors (Lipinski definition) is 1. The summed E-state index contributed by atoms with van der Waals surface area (Å²) in [7, 11) is 0. The number of allylic oxidation sites excluding steroid dienone is 1. The molecule has 0 aliphatic heterocycles. The molecule has 0 spiro atoms. The first-order chi connectivity index (χ1) is 7.83. The number of nitrogen functional groups attached to an aromatic ring is 1. The predicted octanol–water partition coefficient (Wildman–Crippen LogP) is 2.86. The van der Waals surface area contributed by atoms with Crippen molar-refractivity contribution in [1.82, 2.24) is 4.98 Å². The van der Waals surface area contributed by atoms with Gasteiger partial charge in [0.05, 0.1) is 11.3 Å². The monoisotopic (exact) mass is 254 g/mol. The molecule has 1 aromatic heterocycles. The maximum atomic E-state index is 12.0. The van der Waals surface area contributed by atoms with Crippen LogP contribution in [-0.4, -0.2) is 16.6 Å². The molecule has 0 aliphatic rings. The number of aromatic nitrogens is 1. The highest BCUT2D eigenvalue weighted by Gasteiger charge is 2.22. The number of esters is 1. The molecule has 1 heterocycles. The molecule has 0 unspecified atom stereocenters. The molecule has 0 saturated carbocycles. The summed E-state index contributed by atoms with van der Waals surface area (Å²) in [6.07, 6.45) is 2.55. The van der Waals surface area contributed by atoms with Gasteiger partial charge in [-0.25, -0.2) is 9.78 Å². The third-order valence-corrected chi connectivity index (χ3v) is 2.50. The lowest BCUT2D eigenvalue weighted by molar-refractivity contribution is -0.147. The molecule has 0 aliphatic carbocycles. The number of rotatable bonds is 3. The zero-order valence-corrected chi connectivity index (χ0v) is 11.4. The Morgan fingerprint density at radius 3 is 2.65 bits per heavy atom. The normalized spacial score (nSPS) is 12.6. The van der Waals surface area contributed by atoms with Gasteiger partial charge >= 0.3 is 5.97 Å². The largest absolute Gasteiger partial charge is 0.456 e. The van der Waals surface area contributed by atoms with E-state index in [9.17, 15) is 4.79 Å². The van der Waals surface area contributed by atoms with Gasteiger partial charge in [-0.3, -0.25) is 0 Å². The Kier molecular flexibility index (Phi) is 4.28. The summed E-state index contributed by atoms with van der Waals surface area (Å²) in [5.41, 5.74) is 6.13.